The topological polar surface area (TPSA) is 101 Å². The molecule has 0 spiro atoms. The second-order valence-corrected chi connectivity index (χ2v) is 6.58. The number of nitrogens with zero attached hydrogens (tertiary/aromatic N) is 2. The number of rotatable bonds is 5. The number of aromatic carboxylic acids is 1. The second kappa shape index (κ2) is 6.05. The first-order valence-corrected chi connectivity index (χ1v) is 7.79. The van der Waals surface area contributed by atoms with E-state index < -0.39 is 5.97 Å². The number of fused-ring (bicyclic) bond motifs is 3. The first-order chi connectivity index (χ1) is 11.3. The van der Waals surface area contributed by atoms with Gasteiger partial charge in [-0.1, -0.05) is 6.07 Å². The lowest BCUT2D eigenvalue weighted by Gasteiger charge is -2.19. The molecule has 2 heterocycles. The van der Waals surface area contributed by atoms with Gasteiger partial charge in [0.15, 0.2) is 0 Å². The van der Waals surface area contributed by atoms with Gasteiger partial charge in [-0.25, -0.2) is 9.78 Å². The molecule has 124 valence electrons. The van der Waals surface area contributed by atoms with Gasteiger partial charge in [0.25, 0.3) is 0 Å². The van der Waals surface area contributed by atoms with E-state index in [1.807, 2.05) is 19.9 Å². The predicted octanol–water partition coefficient (Wildman–Crippen LogP) is 3.02. The Morgan fingerprint density at radius 3 is 2.75 bits per heavy atom. The minimum absolute atomic E-state index is 0.215. The highest BCUT2D eigenvalue weighted by Gasteiger charge is 2.13. The van der Waals surface area contributed by atoms with Crippen LogP contribution in [0.15, 0.2) is 36.7 Å². The molecule has 0 bridgehead atoms. The molecular weight excluding hydrogens is 304 g/mol. The van der Waals surface area contributed by atoms with Crippen molar-refractivity contribution in [3.8, 4) is 0 Å². The van der Waals surface area contributed by atoms with Crippen molar-refractivity contribution in [1.82, 2.24) is 9.97 Å². The fourth-order valence-electron chi connectivity index (χ4n) is 2.62. The van der Waals surface area contributed by atoms with E-state index in [4.69, 9.17) is 5.73 Å². The molecule has 0 radical (unpaired) electrons. The molecule has 0 aliphatic heterocycles. The van der Waals surface area contributed by atoms with Crippen LogP contribution in [0.3, 0.4) is 0 Å². The monoisotopic (exact) mass is 324 g/mol. The van der Waals surface area contributed by atoms with Crippen molar-refractivity contribution in [3.63, 3.8) is 0 Å². The maximum absolute atomic E-state index is 11.2. The summed E-state index contributed by atoms with van der Waals surface area (Å²) >= 11 is 0. The van der Waals surface area contributed by atoms with Crippen LogP contribution in [0.25, 0.3) is 21.7 Å². The standard InChI is InChI=1S/C18H20N4O2/c1-18(2,19)6-8-21-16-13-5-7-20-10-14(13)12-4-3-11(17(23)24)9-15(12)22-16/h3-5,7,9-10H,6,8,19H2,1-2H3,(H,21,22)(H,23,24). The number of benzene rings is 1. The Kier molecular flexibility index (Phi) is 4.07. The molecule has 0 saturated heterocycles. The molecule has 6 nitrogen and oxygen atoms in total. The van der Waals surface area contributed by atoms with E-state index in [1.165, 1.54) is 0 Å². The van der Waals surface area contributed by atoms with Crippen molar-refractivity contribution < 1.29 is 9.90 Å². The Morgan fingerprint density at radius 2 is 2.04 bits per heavy atom. The highest BCUT2D eigenvalue weighted by molar-refractivity contribution is 6.10. The largest absolute Gasteiger partial charge is 0.478 e. The summed E-state index contributed by atoms with van der Waals surface area (Å²) in [6, 6.07) is 6.86. The summed E-state index contributed by atoms with van der Waals surface area (Å²) in [7, 11) is 0. The van der Waals surface area contributed by atoms with Crippen molar-refractivity contribution in [2.75, 3.05) is 11.9 Å². The van der Waals surface area contributed by atoms with Gasteiger partial charge in [0.05, 0.1) is 11.1 Å². The first-order valence-electron chi connectivity index (χ1n) is 7.79. The van der Waals surface area contributed by atoms with Gasteiger partial charge >= 0.3 is 5.97 Å². The molecule has 1 aromatic carbocycles. The number of carboxylic acids is 1. The van der Waals surface area contributed by atoms with Crippen LogP contribution in [-0.2, 0) is 0 Å². The third-order valence-corrected chi connectivity index (χ3v) is 3.91. The zero-order valence-corrected chi connectivity index (χ0v) is 13.7. The molecule has 0 atom stereocenters. The van der Waals surface area contributed by atoms with Gasteiger partial charge in [0.2, 0.25) is 0 Å². The first kappa shape index (κ1) is 16.1. The molecule has 6 heteroatoms. The quantitative estimate of drug-likeness (QED) is 0.624. The highest BCUT2D eigenvalue weighted by atomic mass is 16.4. The fraction of sp³-hybridized carbons (Fsp3) is 0.278. The van der Waals surface area contributed by atoms with Crippen LogP contribution >= 0.6 is 0 Å². The fourth-order valence-corrected chi connectivity index (χ4v) is 2.62. The molecular formula is C18H20N4O2. The Balaban J connectivity index is 2.10. The third-order valence-electron chi connectivity index (χ3n) is 3.91. The molecule has 3 aromatic rings. The van der Waals surface area contributed by atoms with Gasteiger partial charge in [-0.2, -0.15) is 0 Å². The van der Waals surface area contributed by atoms with E-state index >= 15 is 0 Å². The van der Waals surface area contributed by atoms with Crippen molar-refractivity contribution in [2.45, 2.75) is 25.8 Å². The number of nitrogens with two attached hydrogens (primary N) is 1. The van der Waals surface area contributed by atoms with E-state index in [9.17, 15) is 9.90 Å². The molecule has 0 saturated carbocycles. The van der Waals surface area contributed by atoms with Gasteiger partial charge in [0, 0.05) is 40.6 Å². The minimum atomic E-state index is -0.968. The number of hydrogen-bond acceptors (Lipinski definition) is 5. The normalized spacial score (nSPS) is 11.8. The number of nitrogens with one attached hydrogen (secondary N) is 1. The highest BCUT2D eigenvalue weighted by Crippen LogP contribution is 2.29. The smallest absolute Gasteiger partial charge is 0.335 e. The van der Waals surface area contributed by atoms with E-state index in [2.05, 4.69) is 15.3 Å². The van der Waals surface area contributed by atoms with Gasteiger partial charge < -0.3 is 16.2 Å². The minimum Gasteiger partial charge on any atom is -0.478 e. The molecule has 0 unspecified atom stereocenters. The average Bonchev–Trinajstić information content (AvgIpc) is 2.53. The summed E-state index contributed by atoms with van der Waals surface area (Å²) in [6.45, 7) is 4.63. The van der Waals surface area contributed by atoms with Gasteiger partial charge in [-0.15, -0.1) is 0 Å². The summed E-state index contributed by atoms with van der Waals surface area (Å²) < 4.78 is 0. The lowest BCUT2D eigenvalue weighted by atomic mass is 10.0. The Bertz CT molecular complexity index is 916. The van der Waals surface area contributed by atoms with Crippen molar-refractivity contribution in [3.05, 3.63) is 42.2 Å². The molecule has 0 fully saturated rings. The lowest BCUT2D eigenvalue weighted by Crippen LogP contribution is -2.34. The number of aromatic nitrogens is 2. The third kappa shape index (κ3) is 3.28. The van der Waals surface area contributed by atoms with Crippen molar-refractivity contribution in [2.24, 2.45) is 5.73 Å². The lowest BCUT2D eigenvalue weighted by molar-refractivity contribution is 0.0697. The maximum atomic E-state index is 11.2. The zero-order valence-electron chi connectivity index (χ0n) is 13.7. The van der Waals surface area contributed by atoms with E-state index in [1.54, 1.807) is 30.6 Å². The maximum Gasteiger partial charge on any atom is 0.335 e. The van der Waals surface area contributed by atoms with E-state index in [0.29, 0.717) is 17.9 Å². The van der Waals surface area contributed by atoms with Gasteiger partial charge in [-0.05, 0) is 38.5 Å². The molecule has 4 N–H and O–H groups in total. The number of anilines is 1. The number of carbonyl (C=O) groups is 1. The molecule has 2 aromatic heterocycles. The summed E-state index contributed by atoms with van der Waals surface area (Å²) in [5, 5.41) is 15.3. The predicted molar refractivity (Wildman–Crippen MR) is 95.4 cm³/mol. The van der Waals surface area contributed by atoms with Crippen LogP contribution in [0.4, 0.5) is 5.82 Å². The molecule has 0 amide bonds. The van der Waals surface area contributed by atoms with Gasteiger partial charge in [0.1, 0.15) is 5.82 Å². The zero-order chi connectivity index (χ0) is 17.3. The molecule has 3 rings (SSSR count). The van der Waals surface area contributed by atoms with E-state index in [0.717, 1.165) is 22.6 Å². The van der Waals surface area contributed by atoms with Crippen LogP contribution in [-0.4, -0.2) is 33.1 Å². The average molecular weight is 324 g/mol. The Morgan fingerprint density at radius 1 is 1.25 bits per heavy atom. The van der Waals surface area contributed by atoms with Gasteiger partial charge in [-0.3, -0.25) is 4.98 Å². The summed E-state index contributed by atoms with van der Waals surface area (Å²) in [6.07, 6.45) is 4.28. The summed E-state index contributed by atoms with van der Waals surface area (Å²) in [5.41, 5.74) is 6.60. The second-order valence-electron chi connectivity index (χ2n) is 6.58. The molecule has 0 aliphatic rings. The number of carboxylic acid groups (broad SMARTS) is 1. The Hall–Kier alpha value is -2.73. The Labute approximate surface area is 139 Å². The number of pyridine rings is 2. The van der Waals surface area contributed by atoms with Crippen LogP contribution in [0, 0.1) is 0 Å². The van der Waals surface area contributed by atoms with Crippen LogP contribution in [0.1, 0.15) is 30.6 Å². The van der Waals surface area contributed by atoms with Crippen molar-refractivity contribution >= 4 is 33.5 Å². The molecule has 0 aliphatic carbocycles. The molecule has 24 heavy (non-hydrogen) atoms. The number of hydrogen-bond donors (Lipinski definition) is 3. The summed E-state index contributed by atoms with van der Waals surface area (Å²) in [4.78, 5) is 20.0. The van der Waals surface area contributed by atoms with Crippen molar-refractivity contribution in [1.29, 1.82) is 0 Å². The van der Waals surface area contributed by atoms with E-state index in [-0.39, 0.29) is 11.1 Å². The van der Waals surface area contributed by atoms with Crippen LogP contribution < -0.4 is 11.1 Å². The summed E-state index contributed by atoms with van der Waals surface area (Å²) in [5.74, 6) is -0.254. The van der Waals surface area contributed by atoms with Crippen LogP contribution in [0.5, 0.6) is 0 Å². The SMILES string of the molecule is CC(C)(N)CCNc1nc2cc(C(=O)O)ccc2c2cnccc12. The van der Waals surface area contributed by atoms with Crippen LogP contribution in [0.2, 0.25) is 0 Å².